The van der Waals surface area contributed by atoms with Gasteiger partial charge in [-0.15, -0.1) is 0 Å². The number of hydrogen-bond donors (Lipinski definition) is 2. The average Bonchev–Trinajstić information content (AvgIpc) is 2.18. The minimum atomic E-state index is -0.0369. The fraction of sp³-hybridized carbons (Fsp3) is 0.889. The highest BCUT2D eigenvalue weighted by Crippen LogP contribution is 2.07. The topological polar surface area (TPSA) is 71.1 Å². The lowest BCUT2D eigenvalue weighted by Gasteiger charge is -2.31. The quantitative estimate of drug-likeness (QED) is 0.285. The smallest absolute Gasteiger partial charge is 0.156 e. The molecule has 0 amide bonds. The van der Waals surface area contributed by atoms with Crippen LogP contribution in [0.5, 0.6) is 0 Å². The summed E-state index contributed by atoms with van der Waals surface area (Å²) in [7, 11) is 3.60. The summed E-state index contributed by atoms with van der Waals surface area (Å²) in [5.74, 6) is 0.248. The van der Waals surface area contributed by atoms with Crippen LogP contribution in [0.25, 0.3) is 0 Å². The summed E-state index contributed by atoms with van der Waals surface area (Å²) >= 11 is 0. The average molecular weight is 203 g/mol. The first-order valence-electron chi connectivity index (χ1n) is 4.76. The molecule has 0 rings (SSSR count). The fourth-order valence-corrected chi connectivity index (χ4v) is 1.44. The summed E-state index contributed by atoms with van der Waals surface area (Å²) < 4.78 is 5.05. The van der Waals surface area contributed by atoms with E-state index >= 15 is 0 Å². The number of oxime groups is 1. The van der Waals surface area contributed by atoms with Crippen molar-refractivity contribution in [2.75, 3.05) is 20.8 Å². The Balaban J connectivity index is 4.37. The normalized spacial score (nSPS) is 17.1. The van der Waals surface area contributed by atoms with Crippen molar-refractivity contribution in [1.82, 2.24) is 4.90 Å². The first-order valence-corrected chi connectivity index (χ1v) is 4.76. The van der Waals surface area contributed by atoms with Crippen LogP contribution in [0.3, 0.4) is 0 Å². The first kappa shape index (κ1) is 13.2. The maximum atomic E-state index is 8.60. The summed E-state index contributed by atoms with van der Waals surface area (Å²) in [5, 5.41) is 11.6. The van der Waals surface area contributed by atoms with E-state index in [1.165, 1.54) is 0 Å². The predicted octanol–water partition coefficient (Wildman–Crippen LogP) is 0.478. The molecule has 5 nitrogen and oxygen atoms in total. The SMILES string of the molecule is CCC(C(N)=NO)N(C)C(C)COC. The lowest BCUT2D eigenvalue weighted by atomic mass is 10.1. The lowest BCUT2D eigenvalue weighted by Crippen LogP contribution is -2.47. The lowest BCUT2D eigenvalue weighted by molar-refractivity contribution is 0.103. The molecule has 0 spiro atoms. The second-order valence-corrected chi connectivity index (χ2v) is 3.42. The molecule has 2 atom stereocenters. The molecule has 2 unspecified atom stereocenters. The molecule has 0 aliphatic heterocycles. The molecular weight excluding hydrogens is 182 g/mol. The third-order valence-corrected chi connectivity index (χ3v) is 2.44. The Labute approximate surface area is 85.5 Å². The van der Waals surface area contributed by atoms with Crippen LogP contribution in [-0.2, 0) is 4.74 Å². The molecule has 3 N–H and O–H groups in total. The monoisotopic (exact) mass is 203 g/mol. The van der Waals surface area contributed by atoms with Crippen LogP contribution in [0.15, 0.2) is 5.16 Å². The van der Waals surface area contributed by atoms with Crippen LogP contribution in [0.2, 0.25) is 0 Å². The van der Waals surface area contributed by atoms with Crippen LogP contribution in [0, 0.1) is 0 Å². The van der Waals surface area contributed by atoms with E-state index < -0.39 is 0 Å². The third-order valence-electron chi connectivity index (χ3n) is 2.44. The van der Waals surface area contributed by atoms with E-state index in [0.29, 0.717) is 6.61 Å². The van der Waals surface area contributed by atoms with Crippen molar-refractivity contribution >= 4 is 5.84 Å². The molecule has 0 fully saturated rings. The number of methoxy groups -OCH3 is 1. The highest BCUT2D eigenvalue weighted by atomic mass is 16.5. The largest absolute Gasteiger partial charge is 0.409 e. The molecule has 5 heteroatoms. The van der Waals surface area contributed by atoms with Gasteiger partial charge in [-0.3, -0.25) is 4.90 Å². The molecule has 0 aromatic carbocycles. The molecule has 84 valence electrons. The third kappa shape index (κ3) is 3.51. The van der Waals surface area contributed by atoms with Crippen molar-refractivity contribution in [3.8, 4) is 0 Å². The Bertz CT molecular complexity index is 185. The van der Waals surface area contributed by atoms with Crippen molar-refractivity contribution in [1.29, 1.82) is 0 Å². The molecule has 0 aliphatic rings. The number of ether oxygens (including phenoxy) is 1. The van der Waals surface area contributed by atoms with Gasteiger partial charge in [0.05, 0.1) is 12.6 Å². The van der Waals surface area contributed by atoms with E-state index in [-0.39, 0.29) is 17.9 Å². The molecule has 14 heavy (non-hydrogen) atoms. The molecule has 0 bridgehead atoms. The summed E-state index contributed by atoms with van der Waals surface area (Å²) in [6, 6.07) is 0.204. The fourth-order valence-electron chi connectivity index (χ4n) is 1.44. The van der Waals surface area contributed by atoms with E-state index in [1.54, 1.807) is 7.11 Å². The Kier molecular flexibility index (Phi) is 6.23. The molecule has 0 radical (unpaired) electrons. The molecular formula is C9H21N3O2. The maximum Gasteiger partial charge on any atom is 0.156 e. The van der Waals surface area contributed by atoms with E-state index in [0.717, 1.165) is 6.42 Å². The molecule has 0 aliphatic carbocycles. The Morgan fingerprint density at radius 3 is 2.57 bits per heavy atom. The predicted molar refractivity (Wildman–Crippen MR) is 56.6 cm³/mol. The van der Waals surface area contributed by atoms with E-state index in [1.807, 2.05) is 25.8 Å². The Morgan fingerprint density at radius 1 is 1.64 bits per heavy atom. The first-order chi connectivity index (χ1) is 6.58. The van der Waals surface area contributed by atoms with E-state index in [4.69, 9.17) is 15.7 Å². The van der Waals surface area contributed by atoms with Crippen molar-refractivity contribution < 1.29 is 9.94 Å². The standard InChI is InChI=1S/C9H21N3O2/c1-5-8(9(10)11-13)12(3)7(2)6-14-4/h7-8,13H,5-6H2,1-4H3,(H2,10,11). The molecule has 0 heterocycles. The zero-order valence-corrected chi connectivity index (χ0v) is 9.40. The van der Waals surface area contributed by atoms with Crippen molar-refractivity contribution in [3.05, 3.63) is 0 Å². The van der Waals surface area contributed by atoms with Crippen LogP contribution in [0.4, 0.5) is 0 Å². The van der Waals surface area contributed by atoms with Gasteiger partial charge >= 0.3 is 0 Å². The van der Waals surface area contributed by atoms with Gasteiger partial charge in [0, 0.05) is 13.2 Å². The van der Waals surface area contributed by atoms with E-state index in [9.17, 15) is 0 Å². The minimum Gasteiger partial charge on any atom is -0.409 e. The minimum absolute atomic E-state index is 0.0369. The molecule has 0 saturated carbocycles. The molecule has 0 aromatic rings. The van der Waals surface area contributed by atoms with Gasteiger partial charge in [-0.2, -0.15) is 0 Å². The second kappa shape index (κ2) is 6.62. The maximum absolute atomic E-state index is 8.60. The Morgan fingerprint density at radius 2 is 2.21 bits per heavy atom. The van der Waals surface area contributed by atoms with Crippen LogP contribution >= 0.6 is 0 Å². The number of hydrogen-bond acceptors (Lipinski definition) is 4. The number of nitrogens with two attached hydrogens (primary N) is 1. The van der Waals surface area contributed by atoms with Gasteiger partial charge in [-0.1, -0.05) is 12.1 Å². The van der Waals surface area contributed by atoms with Crippen LogP contribution in [-0.4, -0.2) is 48.8 Å². The van der Waals surface area contributed by atoms with Gasteiger partial charge < -0.3 is 15.7 Å². The zero-order valence-electron chi connectivity index (χ0n) is 9.40. The Hall–Kier alpha value is -0.810. The van der Waals surface area contributed by atoms with Crippen molar-refractivity contribution in [2.24, 2.45) is 10.9 Å². The highest BCUT2D eigenvalue weighted by Gasteiger charge is 2.21. The van der Waals surface area contributed by atoms with Crippen molar-refractivity contribution in [2.45, 2.75) is 32.4 Å². The van der Waals surface area contributed by atoms with Crippen LogP contribution < -0.4 is 5.73 Å². The summed E-state index contributed by atoms with van der Waals surface area (Å²) in [5.41, 5.74) is 5.58. The number of rotatable bonds is 6. The summed E-state index contributed by atoms with van der Waals surface area (Å²) in [6.07, 6.45) is 0.806. The second-order valence-electron chi connectivity index (χ2n) is 3.42. The number of nitrogens with zero attached hydrogens (tertiary/aromatic N) is 2. The number of likely N-dealkylation sites (N-methyl/N-ethyl adjacent to an activating group) is 1. The van der Waals surface area contributed by atoms with Gasteiger partial charge in [-0.05, 0) is 20.4 Å². The highest BCUT2D eigenvalue weighted by molar-refractivity contribution is 5.85. The van der Waals surface area contributed by atoms with Gasteiger partial charge in [0.1, 0.15) is 0 Å². The summed E-state index contributed by atoms with van der Waals surface area (Å²) in [4.78, 5) is 2.04. The van der Waals surface area contributed by atoms with Gasteiger partial charge in [0.15, 0.2) is 5.84 Å². The number of amidine groups is 1. The van der Waals surface area contributed by atoms with E-state index in [2.05, 4.69) is 5.16 Å². The molecule has 0 saturated heterocycles. The van der Waals surface area contributed by atoms with Crippen molar-refractivity contribution in [3.63, 3.8) is 0 Å². The van der Waals surface area contributed by atoms with Gasteiger partial charge in [0.25, 0.3) is 0 Å². The van der Waals surface area contributed by atoms with Crippen LogP contribution in [0.1, 0.15) is 20.3 Å². The molecule has 0 aromatic heterocycles. The van der Waals surface area contributed by atoms with Gasteiger partial charge in [-0.25, -0.2) is 0 Å². The van der Waals surface area contributed by atoms with Gasteiger partial charge in [0.2, 0.25) is 0 Å². The summed E-state index contributed by atoms with van der Waals surface area (Å²) in [6.45, 7) is 4.67. The zero-order chi connectivity index (χ0) is 11.1.